The van der Waals surface area contributed by atoms with Crippen LogP contribution in [0.5, 0.6) is 0 Å². The van der Waals surface area contributed by atoms with E-state index in [2.05, 4.69) is 0 Å². The number of carbonyl (C=O) groups is 1. The third-order valence-corrected chi connectivity index (χ3v) is 7.46. The van der Waals surface area contributed by atoms with E-state index in [0.29, 0.717) is 30.6 Å². The highest BCUT2D eigenvalue weighted by molar-refractivity contribution is 7.89. The Balaban J connectivity index is 1.59. The molecule has 186 valence electrons. The molecule has 1 amide bonds. The second kappa shape index (κ2) is 11.5. The molecule has 0 atom stereocenters. The van der Waals surface area contributed by atoms with E-state index in [0.717, 1.165) is 22.3 Å². The molecule has 0 aliphatic heterocycles. The minimum atomic E-state index is -3.96. The van der Waals surface area contributed by atoms with Gasteiger partial charge in [0, 0.05) is 18.7 Å². The molecule has 0 aromatic heterocycles. The molecule has 1 N–H and O–H groups in total. The normalized spacial score (nSPS) is 10.9. The van der Waals surface area contributed by atoms with Crippen molar-refractivity contribution in [2.75, 3.05) is 0 Å². The molecule has 0 radical (unpaired) electrons. The molecule has 0 fully saturated rings. The third-order valence-electron chi connectivity index (χ3n) is 6.17. The van der Waals surface area contributed by atoms with E-state index in [1.807, 2.05) is 95.4 Å². The number of aryl methyl sites for hydroxylation is 1. The maximum Gasteiger partial charge on any atom is 0.270 e. The lowest BCUT2D eigenvalue weighted by Crippen LogP contribution is -2.31. The van der Waals surface area contributed by atoms with Crippen LogP contribution in [0.25, 0.3) is 11.1 Å². The summed E-state index contributed by atoms with van der Waals surface area (Å²) in [5, 5.41) is 8.83. The lowest BCUT2D eigenvalue weighted by Gasteiger charge is -2.24. The van der Waals surface area contributed by atoms with Gasteiger partial charge in [-0.2, -0.15) is 5.26 Å². The fraction of sp³-hybridized carbons (Fsp3) is 0.133. The zero-order valence-corrected chi connectivity index (χ0v) is 21.3. The molecule has 0 saturated heterocycles. The molecule has 4 rings (SSSR count). The predicted molar refractivity (Wildman–Crippen MR) is 143 cm³/mol. The second-order valence-corrected chi connectivity index (χ2v) is 10.4. The number of sulfonamides is 1. The first-order chi connectivity index (χ1) is 17.9. The van der Waals surface area contributed by atoms with E-state index in [9.17, 15) is 13.2 Å². The summed E-state index contributed by atoms with van der Waals surface area (Å²) < 4.78 is 26.8. The van der Waals surface area contributed by atoms with E-state index in [1.165, 1.54) is 12.3 Å². The Kier molecular flexibility index (Phi) is 8.02. The van der Waals surface area contributed by atoms with Gasteiger partial charge in [-0.3, -0.25) is 4.79 Å². The maximum atomic E-state index is 13.4. The Morgan fingerprint density at radius 2 is 1.41 bits per heavy atom. The van der Waals surface area contributed by atoms with Gasteiger partial charge in [0.25, 0.3) is 10.0 Å². The van der Waals surface area contributed by atoms with Crippen molar-refractivity contribution in [3.63, 3.8) is 0 Å². The van der Waals surface area contributed by atoms with Crippen LogP contribution in [-0.2, 0) is 34.3 Å². The van der Waals surface area contributed by atoms with Crippen molar-refractivity contribution in [2.45, 2.75) is 31.3 Å². The number of benzene rings is 4. The molecular formula is C30H27N3O3S. The SMILES string of the molecule is Cc1ccccc1CC(=O)N(Cc1ccccc1)Cc1ccc(-c2ccccc2S(=O)(=O)NC#N)cc1. The van der Waals surface area contributed by atoms with Gasteiger partial charge in [-0.1, -0.05) is 97.1 Å². The quantitative estimate of drug-likeness (QED) is 0.248. The standard InChI is InChI=1S/C30H27N3O3S/c1-23-9-5-6-12-27(23)19-30(34)33(20-24-10-3-2-4-11-24)21-25-15-17-26(18-16-25)28-13-7-8-14-29(28)37(35,36)32-22-31/h2-18,32H,19-21H2,1H3. The van der Waals surface area contributed by atoms with Crippen molar-refractivity contribution in [3.8, 4) is 17.3 Å². The molecule has 7 heteroatoms. The maximum absolute atomic E-state index is 13.4. The molecule has 37 heavy (non-hydrogen) atoms. The Labute approximate surface area is 217 Å². The number of nitrogens with one attached hydrogen (secondary N) is 1. The molecule has 0 bridgehead atoms. The Morgan fingerprint density at radius 3 is 2.08 bits per heavy atom. The number of nitriles is 1. The van der Waals surface area contributed by atoms with Gasteiger partial charge in [-0.15, -0.1) is 0 Å². The molecule has 0 heterocycles. The van der Waals surface area contributed by atoms with E-state index in [1.54, 1.807) is 18.2 Å². The van der Waals surface area contributed by atoms with Crippen LogP contribution in [0.4, 0.5) is 0 Å². The summed E-state index contributed by atoms with van der Waals surface area (Å²) in [7, 11) is -3.96. The molecule has 0 aliphatic rings. The Hall–Kier alpha value is -4.41. The topological polar surface area (TPSA) is 90.3 Å². The van der Waals surface area contributed by atoms with Crippen molar-refractivity contribution in [2.24, 2.45) is 0 Å². The highest BCUT2D eigenvalue weighted by Crippen LogP contribution is 2.28. The summed E-state index contributed by atoms with van der Waals surface area (Å²) in [6, 6.07) is 31.8. The molecule has 0 unspecified atom stereocenters. The van der Waals surface area contributed by atoms with Gasteiger partial charge in [0.05, 0.1) is 11.3 Å². The first-order valence-corrected chi connectivity index (χ1v) is 13.3. The van der Waals surface area contributed by atoms with Crippen LogP contribution in [0.1, 0.15) is 22.3 Å². The summed E-state index contributed by atoms with van der Waals surface area (Å²) in [6.07, 6.45) is 1.81. The first-order valence-electron chi connectivity index (χ1n) is 11.8. The van der Waals surface area contributed by atoms with Crippen molar-refractivity contribution in [1.82, 2.24) is 9.62 Å². The molecular weight excluding hydrogens is 482 g/mol. The van der Waals surface area contributed by atoms with Crippen LogP contribution in [0, 0.1) is 18.4 Å². The number of rotatable bonds is 9. The van der Waals surface area contributed by atoms with E-state index < -0.39 is 10.0 Å². The second-order valence-electron chi connectivity index (χ2n) is 8.75. The van der Waals surface area contributed by atoms with Crippen LogP contribution in [0.3, 0.4) is 0 Å². The number of nitrogens with zero attached hydrogens (tertiary/aromatic N) is 2. The summed E-state index contributed by atoms with van der Waals surface area (Å²) in [5.74, 6) is 0.0289. The lowest BCUT2D eigenvalue weighted by molar-refractivity contribution is -0.131. The summed E-state index contributed by atoms with van der Waals surface area (Å²) >= 11 is 0. The van der Waals surface area contributed by atoms with Gasteiger partial charge < -0.3 is 4.90 Å². The summed E-state index contributed by atoms with van der Waals surface area (Å²) in [4.78, 5) is 15.3. The fourth-order valence-corrected chi connectivity index (χ4v) is 5.15. The van der Waals surface area contributed by atoms with Gasteiger partial charge in [-0.05, 0) is 40.8 Å². The molecule has 6 nitrogen and oxygen atoms in total. The summed E-state index contributed by atoms with van der Waals surface area (Å²) in [5.41, 5.74) is 5.25. The van der Waals surface area contributed by atoms with Crippen molar-refractivity contribution >= 4 is 15.9 Å². The van der Waals surface area contributed by atoms with Crippen LogP contribution >= 0.6 is 0 Å². The zero-order chi connectivity index (χ0) is 26.3. The number of hydrogen-bond acceptors (Lipinski definition) is 4. The molecule has 4 aromatic rings. The third kappa shape index (κ3) is 6.43. The van der Waals surface area contributed by atoms with Gasteiger partial charge >= 0.3 is 0 Å². The van der Waals surface area contributed by atoms with Gasteiger partial charge in [0.1, 0.15) is 0 Å². The molecule has 0 saturated carbocycles. The Bertz CT molecular complexity index is 1530. The molecule has 0 spiro atoms. The Morgan fingerprint density at radius 1 is 0.811 bits per heavy atom. The van der Waals surface area contributed by atoms with E-state index in [4.69, 9.17) is 5.26 Å². The monoisotopic (exact) mass is 509 g/mol. The van der Waals surface area contributed by atoms with Gasteiger partial charge in [-0.25, -0.2) is 13.1 Å². The molecule has 0 aliphatic carbocycles. The van der Waals surface area contributed by atoms with Crippen molar-refractivity contribution in [3.05, 3.63) is 125 Å². The fourth-order valence-electron chi connectivity index (χ4n) is 4.18. The highest BCUT2D eigenvalue weighted by Gasteiger charge is 2.19. The number of carbonyl (C=O) groups excluding carboxylic acids is 1. The summed E-state index contributed by atoms with van der Waals surface area (Å²) in [6.45, 7) is 2.90. The minimum Gasteiger partial charge on any atom is -0.334 e. The minimum absolute atomic E-state index is 0.0289. The number of hydrogen-bond donors (Lipinski definition) is 1. The average Bonchev–Trinajstić information content (AvgIpc) is 2.90. The smallest absolute Gasteiger partial charge is 0.270 e. The lowest BCUT2D eigenvalue weighted by atomic mass is 10.0. The zero-order valence-electron chi connectivity index (χ0n) is 20.5. The van der Waals surface area contributed by atoms with Crippen LogP contribution in [-0.4, -0.2) is 19.2 Å². The predicted octanol–water partition coefficient (Wildman–Crippen LogP) is 5.19. The van der Waals surface area contributed by atoms with E-state index >= 15 is 0 Å². The largest absolute Gasteiger partial charge is 0.334 e. The van der Waals surface area contributed by atoms with E-state index in [-0.39, 0.29) is 10.8 Å². The highest BCUT2D eigenvalue weighted by atomic mass is 32.2. The molecule has 4 aromatic carbocycles. The number of amides is 1. The van der Waals surface area contributed by atoms with Crippen LogP contribution in [0.15, 0.2) is 108 Å². The van der Waals surface area contributed by atoms with Crippen LogP contribution < -0.4 is 4.72 Å². The van der Waals surface area contributed by atoms with Gasteiger partial charge in [0.15, 0.2) is 6.19 Å². The van der Waals surface area contributed by atoms with Crippen molar-refractivity contribution < 1.29 is 13.2 Å². The first kappa shape index (κ1) is 25.7. The van der Waals surface area contributed by atoms with Gasteiger partial charge in [0.2, 0.25) is 5.91 Å². The average molecular weight is 510 g/mol. The van der Waals surface area contributed by atoms with Crippen LogP contribution in [0.2, 0.25) is 0 Å². The van der Waals surface area contributed by atoms with Crippen molar-refractivity contribution in [1.29, 1.82) is 5.26 Å².